The van der Waals surface area contributed by atoms with E-state index < -0.39 is 6.10 Å². The van der Waals surface area contributed by atoms with E-state index in [1.807, 2.05) is 71.5 Å². The lowest BCUT2D eigenvalue weighted by Gasteiger charge is -2.18. The van der Waals surface area contributed by atoms with Crippen molar-refractivity contribution in [1.29, 1.82) is 0 Å². The third-order valence-corrected chi connectivity index (χ3v) is 6.04. The molecule has 32 heavy (non-hydrogen) atoms. The molecule has 1 atom stereocenters. The molecular formula is C22H21N5O3S2. The predicted octanol–water partition coefficient (Wildman–Crippen LogP) is 4.60. The first-order valence-corrected chi connectivity index (χ1v) is 11.6. The first-order chi connectivity index (χ1) is 15.7. The summed E-state index contributed by atoms with van der Waals surface area (Å²) >= 11 is 2.67. The molecule has 1 amide bonds. The summed E-state index contributed by atoms with van der Waals surface area (Å²) in [6, 6.07) is 17.2. The van der Waals surface area contributed by atoms with Crippen molar-refractivity contribution in [3.05, 3.63) is 72.0 Å². The number of rotatable bonds is 9. The second-order valence-corrected chi connectivity index (χ2v) is 8.43. The fourth-order valence-electron chi connectivity index (χ4n) is 2.99. The lowest BCUT2D eigenvalue weighted by atomic mass is 10.3. The zero-order valence-electron chi connectivity index (χ0n) is 17.5. The number of nitrogens with zero attached hydrogens (tertiary/aromatic N) is 4. The van der Waals surface area contributed by atoms with E-state index in [0.717, 1.165) is 5.69 Å². The normalized spacial score (nSPS) is 11.7. The maximum atomic E-state index is 12.3. The van der Waals surface area contributed by atoms with Gasteiger partial charge in [-0.05, 0) is 31.2 Å². The summed E-state index contributed by atoms with van der Waals surface area (Å²) in [5.41, 5.74) is 0.880. The number of methoxy groups -OCH3 is 1. The average molecular weight is 468 g/mol. The summed E-state index contributed by atoms with van der Waals surface area (Å²) in [6.07, 6.45) is 1.23. The number of para-hydroxylation sites is 3. The van der Waals surface area contributed by atoms with Crippen LogP contribution in [0.25, 0.3) is 5.69 Å². The van der Waals surface area contributed by atoms with Crippen LogP contribution < -0.4 is 14.8 Å². The number of amides is 1. The molecule has 0 aliphatic heterocycles. The minimum Gasteiger partial charge on any atom is -0.493 e. The summed E-state index contributed by atoms with van der Waals surface area (Å²) in [4.78, 5) is 16.4. The smallest absolute Gasteiger partial charge is 0.236 e. The quantitative estimate of drug-likeness (QED) is 0.360. The Morgan fingerprint density at radius 1 is 1.12 bits per heavy atom. The number of aromatic nitrogens is 4. The van der Waals surface area contributed by atoms with Crippen LogP contribution in [-0.2, 0) is 4.79 Å². The fraction of sp³-hybridized carbons (Fsp3) is 0.182. The van der Waals surface area contributed by atoms with Crippen molar-refractivity contribution in [1.82, 2.24) is 19.7 Å². The number of thiazole rings is 1. The molecule has 0 aliphatic carbocycles. The van der Waals surface area contributed by atoms with E-state index in [-0.39, 0.29) is 11.7 Å². The van der Waals surface area contributed by atoms with Crippen molar-refractivity contribution in [2.75, 3.05) is 18.2 Å². The van der Waals surface area contributed by atoms with E-state index in [1.54, 1.807) is 13.3 Å². The molecule has 0 fully saturated rings. The van der Waals surface area contributed by atoms with Gasteiger partial charge in [-0.3, -0.25) is 9.36 Å². The van der Waals surface area contributed by atoms with E-state index in [9.17, 15) is 4.79 Å². The van der Waals surface area contributed by atoms with Crippen LogP contribution in [0.5, 0.6) is 11.5 Å². The topological polar surface area (TPSA) is 91.2 Å². The van der Waals surface area contributed by atoms with E-state index in [1.165, 1.54) is 23.1 Å². The van der Waals surface area contributed by atoms with Crippen LogP contribution >= 0.6 is 23.1 Å². The first kappa shape index (κ1) is 21.8. The molecule has 1 unspecified atom stereocenters. The Hall–Kier alpha value is -3.37. The monoisotopic (exact) mass is 467 g/mol. The molecule has 4 rings (SSSR count). The average Bonchev–Trinajstić information content (AvgIpc) is 3.48. The molecule has 0 radical (unpaired) electrons. The third kappa shape index (κ3) is 5.09. The molecule has 164 valence electrons. The van der Waals surface area contributed by atoms with Gasteiger partial charge in [0, 0.05) is 17.3 Å². The molecule has 0 spiro atoms. The lowest BCUT2D eigenvalue weighted by molar-refractivity contribution is -0.113. The number of carbonyl (C=O) groups is 1. The molecule has 10 heteroatoms. The van der Waals surface area contributed by atoms with Gasteiger partial charge in [-0.2, -0.15) is 0 Å². The summed E-state index contributed by atoms with van der Waals surface area (Å²) in [7, 11) is 1.60. The number of nitrogens with one attached hydrogen (secondary N) is 1. The van der Waals surface area contributed by atoms with Crippen LogP contribution in [-0.4, -0.2) is 38.5 Å². The molecule has 1 N–H and O–H groups in total. The van der Waals surface area contributed by atoms with E-state index >= 15 is 0 Å². The molecule has 2 aromatic heterocycles. The minimum atomic E-state index is -0.419. The summed E-state index contributed by atoms with van der Waals surface area (Å²) < 4.78 is 13.4. The first-order valence-electron chi connectivity index (χ1n) is 9.78. The van der Waals surface area contributed by atoms with Gasteiger partial charge in [-0.25, -0.2) is 4.98 Å². The number of hydrogen-bond donors (Lipinski definition) is 1. The van der Waals surface area contributed by atoms with Gasteiger partial charge in [0.1, 0.15) is 0 Å². The highest BCUT2D eigenvalue weighted by atomic mass is 32.2. The molecule has 0 bridgehead atoms. The van der Waals surface area contributed by atoms with Gasteiger partial charge in [-0.1, -0.05) is 42.1 Å². The highest BCUT2D eigenvalue weighted by Gasteiger charge is 2.22. The molecule has 2 aromatic carbocycles. The van der Waals surface area contributed by atoms with Crippen molar-refractivity contribution in [3.8, 4) is 17.2 Å². The fourth-order valence-corrected chi connectivity index (χ4v) is 4.29. The second-order valence-electron chi connectivity index (χ2n) is 6.60. The Labute approximate surface area is 193 Å². The van der Waals surface area contributed by atoms with Crippen LogP contribution in [0, 0.1) is 0 Å². The number of benzene rings is 2. The van der Waals surface area contributed by atoms with E-state index in [4.69, 9.17) is 9.47 Å². The zero-order valence-corrected chi connectivity index (χ0v) is 19.1. The van der Waals surface area contributed by atoms with Gasteiger partial charge in [-0.15, -0.1) is 21.5 Å². The number of carbonyl (C=O) groups excluding carboxylic acids is 1. The minimum absolute atomic E-state index is 0.160. The molecule has 0 aliphatic rings. The maximum absolute atomic E-state index is 12.3. The van der Waals surface area contributed by atoms with E-state index in [0.29, 0.717) is 27.6 Å². The van der Waals surface area contributed by atoms with Crippen LogP contribution in [0.2, 0.25) is 0 Å². The van der Waals surface area contributed by atoms with Crippen molar-refractivity contribution >= 4 is 34.1 Å². The maximum Gasteiger partial charge on any atom is 0.236 e. The van der Waals surface area contributed by atoms with Gasteiger partial charge in [0.25, 0.3) is 0 Å². The molecule has 8 nitrogen and oxygen atoms in total. The zero-order chi connectivity index (χ0) is 22.3. The van der Waals surface area contributed by atoms with Gasteiger partial charge in [0.2, 0.25) is 5.91 Å². The number of ether oxygens (including phenoxy) is 2. The van der Waals surface area contributed by atoms with Crippen LogP contribution in [0.4, 0.5) is 5.13 Å². The van der Waals surface area contributed by atoms with Crippen molar-refractivity contribution in [2.45, 2.75) is 18.2 Å². The van der Waals surface area contributed by atoms with Gasteiger partial charge in [0.15, 0.2) is 33.7 Å². The van der Waals surface area contributed by atoms with Crippen LogP contribution in [0.1, 0.15) is 18.9 Å². The number of anilines is 1. The van der Waals surface area contributed by atoms with Gasteiger partial charge in [0.05, 0.1) is 12.9 Å². The molecule has 0 saturated carbocycles. The Balaban J connectivity index is 1.57. The van der Waals surface area contributed by atoms with Gasteiger partial charge < -0.3 is 14.8 Å². The van der Waals surface area contributed by atoms with Crippen LogP contribution in [0.3, 0.4) is 0 Å². The highest BCUT2D eigenvalue weighted by Crippen LogP contribution is 2.32. The molecule has 2 heterocycles. The SMILES string of the molecule is COc1ccccc1OC(C)c1nnc(SCC(=O)Nc2nccs2)n1-c1ccccc1. The van der Waals surface area contributed by atoms with Crippen LogP contribution in [0.15, 0.2) is 71.3 Å². The summed E-state index contributed by atoms with van der Waals surface area (Å²) in [6.45, 7) is 1.90. The Bertz CT molecular complexity index is 1170. The molecular weight excluding hydrogens is 446 g/mol. The van der Waals surface area contributed by atoms with Crippen molar-refractivity contribution in [2.24, 2.45) is 0 Å². The molecule has 4 aromatic rings. The Morgan fingerprint density at radius 2 is 1.88 bits per heavy atom. The Kier molecular flexibility index (Phi) is 7.03. The standard InChI is InChI=1S/C22H21N5O3S2/c1-15(30-18-11-7-6-10-17(18)29-2)20-25-26-22(27(20)16-8-4-3-5-9-16)32-14-19(28)24-21-23-12-13-31-21/h3-13,15H,14H2,1-2H3,(H,23,24,28). The van der Waals surface area contributed by atoms with Crippen molar-refractivity contribution < 1.29 is 14.3 Å². The summed E-state index contributed by atoms with van der Waals surface area (Å²) in [5.74, 6) is 1.88. The highest BCUT2D eigenvalue weighted by molar-refractivity contribution is 7.99. The summed E-state index contributed by atoms with van der Waals surface area (Å²) in [5, 5.41) is 14.5. The Morgan fingerprint density at radius 3 is 2.59 bits per heavy atom. The lowest BCUT2D eigenvalue weighted by Crippen LogP contribution is -2.15. The predicted molar refractivity (Wildman–Crippen MR) is 125 cm³/mol. The third-order valence-electron chi connectivity index (χ3n) is 4.42. The second kappa shape index (κ2) is 10.3. The largest absolute Gasteiger partial charge is 0.493 e. The van der Waals surface area contributed by atoms with E-state index in [2.05, 4.69) is 20.5 Å². The molecule has 0 saturated heterocycles. The van der Waals surface area contributed by atoms with Crippen molar-refractivity contribution in [3.63, 3.8) is 0 Å². The van der Waals surface area contributed by atoms with Gasteiger partial charge >= 0.3 is 0 Å². The number of hydrogen-bond acceptors (Lipinski definition) is 8. The number of thioether (sulfide) groups is 1.